The summed E-state index contributed by atoms with van der Waals surface area (Å²) in [6.07, 6.45) is 0. The van der Waals surface area contributed by atoms with Crippen LogP contribution < -0.4 is 0 Å². The second kappa shape index (κ2) is 9.20. The van der Waals surface area contributed by atoms with Crippen molar-refractivity contribution in [2.24, 2.45) is 0 Å². The molecule has 0 amide bonds. The van der Waals surface area contributed by atoms with Gasteiger partial charge in [0.25, 0.3) is 0 Å². The molecule has 0 aliphatic rings. The Balaban J connectivity index is 1.14. The maximum absolute atomic E-state index is 11.2. The lowest BCUT2D eigenvalue weighted by molar-refractivity contribution is 0.412. The molecule has 0 aromatic heterocycles. The molecule has 11 aromatic rings. The third-order valence-corrected chi connectivity index (χ3v) is 9.89. The molecule has 0 radical (unpaired) electrons. The molecule has 0 saturated carbocycles. The quantitative estimate of drug-likeness (QED) is 0.156. The Labute approximate surface area is 264 Å². The van der Waals surface area contributed by atoms with Gasteiger partial charge in [-0.3, -0.25) is 0 Å². The van der Waals surface area contributed by atoms with Crippen LogP contribution in [0.25, 0.3) is 97.7 Å². The first-order chi connectivity index (χ1) is 22.6. The molecule has 214 valence electrons. The standard InChI is InChI=1S/C44H26O2/c45-43-41-38-16-14-34(30-10-12-32-18-26-6-2-4-8-28(26)20-36(32)22-30)24-40(38)42(44(43)46)37-15-13-33(23-39(37)41)29-9-11-31-17-25-5-1-3-7-27(25)19-35(31)21-29/h1-24,45-46H. The van der Waals surface area contributed by atoms with Crippen molar-refractivity contribution in [3.8, 4) is 33.8 Å². The third kappa shape index (κ3) is 3.59. The van der Waals surface area contributed by atoms with Crippen molar-refractivity contribution in [3.63, 3.8) is 0 Å². The van der Waals surface area contributed by atoms with Crippen LogP contribution in [0.4, 0.5) is 0 Å². The molecule has 2 nitrogen and oxygen atoms in total. The van der Waals surface area contributed by atoms with Gasteiger partial charge >= 0.3 is 0 Å². The van der Waals surface area contributed by atoms with E-state index in [0.29, 0.717) is 10.8 Å². The van der Waals surface area contributed by atoms with Crippen LogP contribution in [0.2, 0.25) is 0 Å². The molecule has 11 rings (SSSR count). The number of rotatable bonds is 2. The van der Waals surface area contributed by atoms with Gasteiger partial charge in [-0.05, 0) is 135 Å². The Bertz CT molecular complexity index is 2680. The van der Waals surface area contributed by atoms with E-state index in [1.54, 1.807) is 0 Å². The van der Waals surface area contributed by atoms with Gasteiger partial charge in [-0.2, -0.15) is 0 Å². The van der Waals surface area contributed by atoms with Gasteiger partial charge in [0, 0.05) is 10.8 Å². The second-order valence-corrected chi connectivity index (χ2v) is 12.5. The molecule has 46 heavy (non-hydrogen) atoms. The minimum Gasteiger partial charge on any atom is -0.504 e. The van der Waals surface area contributed by atoms with Crippen LogP contribution in [-0.2, 0) is 0 Å². The largest absolute Gasteiger partial charge is 0.504 e. The maximum atomic E-state index is 11.2. The summed E-state index contributed by atoms with van der Waals surface area (Å²) in [5, 5.41) is 37.3. The fraction of sp³-hybridized carbons (Fsp3) is 0. The maximum Gasteiger partial charge on any atom is 0.166 e. The van der Waals surface area contributed by atoms with Crippen LogP contribution in [0.15, 0.2) is 146 Å². The van der Waals surface area contributed by atoms with E-state index in [4.69, 9.17) is 0 Å². The number of aromatic hydroxyl groups is 2. The fourth-order valence-corrected chi connectivity index (χ4v) is 7.57. The van der Waals surface area contributed by atoms with Gasteiger partial charge in [0.05, 0.1) is 0 Å². The molecule has 2 N–H and O–H groups in total. The van der Waals surface area contributed by atoms with Crippen LogP contribution >= 0.6 is 0 Å². The van der Waals surface area contributed by atoms with Crippen LogP contribution in [0.1, 0.15) is 0 Å². The van der Waals surface area contributed by atoms with Crippen LogP contribution in [0.3, 0.4) is 0 Å². The molecule has 2 heteroatoms. The molecule has 0 atom stereocenters. The first-order valence-electron chi connectivity index (χ1n) is 15.6. The average molecular weight is 587 g/mol. The summed E-state index contributed by atoms with van der Waals surface area (Å²) in [5.74, 6) is -0.107. The van der Waals surface area contributed by atoms with Gasteiger partial charge in [-0.1, -0.05) is 97.1 Å². The van der Waals surface area contributed by atoms with E-state index in [0.717, 1.165) is 43.8 Å². The lowest BCUT2D eigenvalue weighted by atomic mass is 9.87. The normalized spacial score (nSPS) is 12.1. The molecule has 0 spiro atoms. The molecule has 0 unspecified atom stereocenters. The van der Waals surface area contributed by atoms with Crippen LogP contribution in [0.5, 0.6) is 11.5 Å². The SMILES string of the molecule is Oc1c(O)c2c3ccc(-c4ccc5cc6ccccc6cc5c4)cc3c1c1ccc(-c3ccc4cc5ccccc5cc4c3)cc12. The first-order valence-corrected chi connectivity index (χ1v) is 15.6. The Kier molecular flexibility index (Phi) is 5.05. The zero-order valence-electron chi connectivity index (χ0n) is 24.8. The third-order valence-electron chi connectivity index (χ3n) is 9.89. The number of hydrogen-bond acceptors (Lipinski definition) is 2. The van der Waals surface area contributed by atoms with Crippen LogP contribution in [0, 0.1) is 0 Å². The van der Waals surface area contributed by atoms with E-state index >= 15 is 0 Å². The van der Waals surface area contributed by atoms with Crippen molar-refractivity contribution >= 4 is 75.4 Å². The molecular formula is C44H26O2. The highest BCUT2D eigenvalue weighted by molar-refractivity contribution is 6.32. The molecule has 11 aromatic carbocycles. The van der Waals surface area contributed by atoms with Gasteiger partial charge in [0.2, 0.25) is 0 Å². The van der Waals surface area contributed by atoms with Gasteiger partial charge in [0.1, 0.15) is 0 Å². The number of phenols is 4. The van der Waals surface area contributed by atoms with Crippen molar-refractivity contribution in [2.45, 2.75) is 0 Å². The van der Waals surface area contributed by atoms with Crippen molar-refractivity contribution < 1.29 is 10.2 Å². The van der Waals surface area contributed by atoms with E-state index < -0.39 is 0 Å². The monoisotopic (exact) mass is 586 g/mol. The summed E-state index contributed by atoms with van der Waals surface area (Å²) in [5.41, 5.74) is 4.38. The van der Waals surface area contributed by atoms with Gasteiger partial charge in [-0.15, -0.1) is 0 Å². The summed E-state index contributed by atoms with van der Waals surface area (Å²) in [4.78, 5) is 0. The molecule has 0 aliphatic carbocycles. The Hall–Kier alpha value is -6.12. The predicted molar refractivity (Wildman–Crippen MR) is 194 cm³/mol. The van der Waals surface area contributed by atoms with E-state index in [2.05, 4.69) is 146 Å². The van der Waals surface area contributed by atoms with E-state index in [1.807, 2.05) is 0 Å². The highest BCUT2D eigenvalue weighted by Crippen LogP contribution is 2.51. The summed E-state index contributed by atoms with van der Waals surface area (Å²) < 4.78 is 0. The minimum absolute atomic E-state index is 0.0533. The summed E-state index contributed by atoms with van der Waals surface area (Å²) >= 11 is 0. The molecule has 0 aliphatic heterocycles. The number of phenolic OH excluding ortho intramolecular Hbond substituents is 2. The van der Waals surface area contributed by atoms with E-state index in [1.165, 1.54) is 43.1 Å². The highest BCUT2D eigenvalue weighted by Gasteiger charge is 2.22. The minimum atomic E-state index is -0.0533. The van der Waals surface area contributed by atoms with Crippen LogP contribution in [-0.4, -0.2) is 10.2 Å². The molecule has 0 fully saturated rings. The Morgan fingerprint density at radius 3 is 1.00 bits per heavy atom. The molecule has 0 saturated heterocycles. The zero-order valence-corrected chi connectivity index (χ0v) is 24.8. The van der Waals surface area contributed by atoms with E-state index in [9.17, 15) is 10.2 Å². The molecule has 2 bridgehead atoms. The fourth-order valence-electron chi connectivity index (χ4n) is 7.57. The summed E-state index contributed by atoms with van der Waals surface area (Å²) in [7, 11) is 0. The Morgan fingerprint density at radius 2 is 0.587 bits per heavy atom. The van der Waals surface area contributed by atoms with Crippen molar-refractivity contribution in [2.75, 3.05) is 0 Å². The van der Waals surface area contributed by atoms with Crippen molar-refractivity contribution in [1.29, 1.82) is 0 Å². The zero-order chi connectivity index (χ0) is 30.5. The number of hydrogen-bond donors (Lipinski definition) is 2. The summed E-state index contributed by atoms with van der Waals surface area (Å²) in [6.45, 7) is 0. The van der Waals surface area contributed by atoms with Crippen molar-refractivity contribution in [3.05, 3.63) is 146 Å². The number of benzene rings is 11. The average Bonchev–Trinajstić information content (AvgIpc) is 3.10. The number of fused-ring (bicyclic) bond motifs is 5. The Morgan fingerprint density at radius 1 is 0.261 bits per heavy atom. The lowest BCUT2D eigenvalue weighted by Crippen LogP contribution is -1.90. The molecular weight excluding hydrogens is 560 g/mol. The van der Waals surface area contributed by atoms with Gasteiger partial charge < -0.3 is 10.2 Å². The van der Waals surface area contributed by atoms with E-state index in [-0.39, 0.29) is 11.5 Å². The summed E-state index contributed by atoms with van der Waals surface area (Å²) in [6, 6.07) is 51.8. The predicted octanol–water partition coefficient (Wildman–Crippen LogP) is 11.9. The molecule has 0 heterocycles. The van der Waals surface area contributed by atoms with Gasteiger partial charge in [0.15, 0.2) is 11.5 Å². The first kappa shape index (κ1) is 25.2. The van der Waals surface area contributed by atoms with Gasteiger partial charge in [-0.25, -0.2) is 0 Å². The topological polar surface area (TPSA) is 40.5 Å². The second-order valence-electron chi connectivity index (χ2n) is 12.5. The lowest BCUT2D eigenvalue weighted by Gasteiger charge is -2.18. The van der Waals surface area contributed by atoms with Crippen molar-refractivity contribution in [1.82, 2.24) is 0 Å². The highest BCUT2D eigenvalue weighted by atomic mass is 16.3. The smallest absolute Gasteiger partial charge is 0.166 e.